The minimum Gasteiger partial charge on any atom is -0.383 e. The van der Waals surface area contributed by atoms with E-state index >= 15 is 0 Å². The summed E-state index contributed by atoms with van der Waals surface area (Å²) in [6.07, 6.45) is 1.49. The number of H-pyrrole nitrogens is 1. The van der Waals surface area contributed by atoms with Crippen LogP contribution < -0.4 is 5.32 Å². The van der Waals surface area contributed by atoms with Crippen molar-refractivity contribution in [3.05, 3.63) is 17.5 Å². The molecule has 0 fully saturated rings. The smallest absolute Gasteiger partial charge is 0.249 e. The highest BCUT2D eigenvalue weighted by Crippen LogP contribution is 2.20. The Balaban J connectivity index is 2.44. The van der Waals surface area contributed by atoms with Crippen molar-refractivity contribution >= 4 is 17.7 Å². The average Bonchev–Trinajstić information content (AvgIpc) is 2.81. The third-order valence-corrected chi connectivity index (χ3v) is 3.39. The van der Waals surface area contributed by atoms with Gasteiger partial charge in [-0.05, 0) is 24.5 Å². The summed E-state index contributed by atoms with van der Waals surface area (Å²) >= 11 is 1.61. The van der Waals surface area contributed by atoms with Crippen molar-refractivity contribution in [2.24, 2.45) is 0 Å². The molecule has 0 saturated heterocycles. The maximum Gasteiger partial charge on any atom is 0.249 e. The summed E-state index contributed by atoms with van der Waals surface area (Å²) in [7, 11) is 0. The number of hydrogen-bond acceptors (Lipinski definition) is 4. The second-order valence-corrected chi connectivity index (χ2v) is 6.53. The van der Waals surface area contributed by atoms with E-state index in [0.29, 0.717) is 13.0 Å². The molecule has 1 atom stereocenters. The van der Waals surface area contributed by atoms with E-state index in [1.54, 1.807) is 11.8 Å². The van der Waals surface area contributed by atoms with Gasteiger partial charge in [-0.2, -0.15) is 16.9 Å². The summed E-state index contributed by atoms with van der Waals surface area (Å²) in [6.45, 7) is 6.60. The van der Waals surface area contributed by atoms with E-state index in [-0.39, 0.29) is 11.3 Å². The quantitative estimate of drug-likeness (QED) is 0.739. The Morgan fingerprint density at radius 1 is 1.58 bits per heavy atom. The van der Waals surface area contributed by atoms with Crippen molar-refractivity contribution in [3.63, 3.8) is 0 Å². The summed E-state index contributed by atoms with van der Waals surface area (Å²) in [5, 5.41) is 19.4. The van der Waals surface area contributed by atoms with Gasteiger partial charge in [0.2, 0.25) is 5.91 Å². The molecule has 19 heavy (non-hydrogen) atoms. The Kier molecular flexibility index (Phi) is 5.87. The van der Waals surface area contributed by atoms with E-state index < -0.39 is 6.10 Å². The fourth-order valence-corrected chi connectivity index (χ4v) is 1.96. The number of thioether (sulfide) groups is 1. The number of aromatic nitrogens is 2. The van der Waals surface area contributed by atoms with Gasteiger partial charge in [-0.15, -0.1) is 0 Å². The molecule has 1 aromatic heterocycles. The van der Waals surface area contributed by atoms with Gasteiger partial charge >= 0.3 is 0 Å². The van der Waals surface area contributed by atoms with E-state index in [0.717, 1.165) is 17.1 Å². The molecule has 1 aromatic rings. The summed E-state index contributed by atoms with van der Waals surface area (Å²) in [5.74, 6) is 0.438. The predicted molar refractivity (Wildman–Crippen MR) is 78.1 cm³/mol. The third kappa shape index (κ3) is 5.24. The van der Waals surface area contributed by atoms with Crippen LogP contribution in [-0.2, 0) is 16.8 Å². The van der Waals surface area contributed by atoms with Crippen LogP contribution in [0.1, 0.15) is 38.6 Å². The lowest BCUT2D eigenvalue weighted by atomic mass is 9.92. The molecule has 0 unspecified atom stereocenters. The summed E-state index contributed by atoms with van der Waals surface area (Å²) < 4.78 is 0. The minimum atomic E-state index is -0.933. The first kappa shape index (κ1) is 16.0. The topological polar surface area (TPSA) is 78.0 Å². The van der Waals surface area contributed by atoms with E-state index in [2.05, 4.69) is 36.3 Å². The molecule has 0 radical (unpaired) electrons. The molecule has 0 aliphatic carbocycles. The largest absolute Gasteiger partial charge is 0.383 e. The lowest BCUT2D eigenvalue weighted by molar-refractivity contribution is -0.129. The number of aromatic amines is 1. The first-order chi connectivity index (χ1) is 8.84. The van der Waals surface area contributed by atoms with Crippen LogP contribution >= 0.6 is 11.8 Å². The minimum absolute atomic E-state index is 0.0172. The Labute approximate surface area is 118 Å². The van der Waals surface area contributed by atoms with Crippen LogP contribution in [-0.4, -0.2) is 39.3 Å². The zero-order valence-electron chi connectivity index (χ0n) is 12.0. The van der Waals surface area contributed by atoms with Crippen LogP contribution in [0.15, 0.2) is 6.07 Å². The second-order valence-electron chi connectivity index (χ2n) is 5.54. The molecule has 108 valence electrons. The van der Waals surface area contributed by atoms with Crippen LogP contribution in [0, 0.1) is 0 Å². The summed E-state index contributed by atoms with van der Waals surface area (Å²) in [4.78, 5) is 11.6. The van der Waals surface area contributed by atoms with Crippen LogP contribution in [0.25, 0.3) is 0 Å². The number of aliphatic hydroxyl groups is 1. The molecule has 1 amide bonds. The zero-order valence-corrected chi connectivity index (χ0v) is 12.8. The van der Waals surface area contributed by atoms with Crippen molar-refractivity contribution in [1.29, 1.82) is 0 Å². The van der Waals surface area contributed by atoms with E-state index in [9.17, 15) is 9.90 Å². The Hall–Kier alpha value is -1.01. The van der Waals surface area contributed by atoms with Gasteiger partial charge in [0.1, 0.15) is 6.10 Å². The predicted octanol–water partition coefficient (Wildman–Crippen LogP) is 1.44. The molecule has 1 heterocycles. The van der Waals surface area contributed by atoms with Gasteiger partial charge in [0.05, 0.1) is 17.9 Å². The highest BCUT2D eigenvalue weighted by atomic mass is 32.2. The first-order valence-electron chi connectivity index (χ1n) is 6.34. The van der Waals surface area contributed by atoms with E-state index in [1.807, 2.05) is 12.3 Å². The summed E-state index contributed by atoms with van der Waals surface area (Å²) in [5.41, 5.74) is 1.78. The number of rotatable bonds is 6. The number of nitrogens with zero attached hydrogens (tertiary/aromatic N) is 1. The molecule has 5 nitrogen and oxygen atoms in total. The zero-order chi connectivity index (χ0) is 14.5. The molecule has 3 N–H and O–H groups in total. The van der Waals surface area contributed by atoms with Crippen molar-refractivity contribution in [3.8, 4) is 0 Å². The molecule has 0 spiro atoms. The number of hydrogen-bond donors (Lipinski definition) is 3. The molecule has 0 aromatic carbocycles. The van der Waals surface area contributed by atoms with Crippen LogP contribution in [0.2, 0.25) is 0 Å². The molecule has 1 rings (SSSR count). The molecule has 0 aliphatic rings. The van der Waals surface area contributed by atoms with Gasteiger partial charge in [0.15, 0.2) is 0 Å². The SMILES string of the molecule is CSCC[C@H](O)C(=O)NCc1cc(C(C)(C)C)n[nH]1. The van der Waals surface area contributed by atoms with Gasteiger partial charge in [-0.1, -0.05) is 20.8 Å². The molecule has 0 saturated carbocycles. The highest BCUT2D eigenvalue weighted by Gasteiger charge is 2.18. The van der Waals surface area contributed by atoms with Crippen LogP contribution in [0.3, 0.4) is 0 Å². The molecule has 0 bridgehead atoms. The second kappa shape index (κ2) is 6.96. The van der Waals surface area contributed by atoms with Gasteiger partial charge in [0, 0.05) is 5.41 Å². The Morgan fingerprint density at radius 3 is 2.79 bits per heavy atom. The fraction of sp³-hybridized carbons (Fsp3) is 0.692. The molecular weight excluding hydrogens is 262 g/mol. The Morgan fingerprint density at radius 2 is 2.26 bits per heavy atom. The number of carbonyl (C=O) groups excluding carboxylic acids is 1. The van der Waals surface area contributed by atoms with E-state index in [4.69, 9.17) is 0 Å². The molecular formula is C13H23N3O2S. The monoisotopic (exact) mass is 285 g/mol. The number of carbonyl (C=O) groups is 1. The van der Waals surface area contributed by atoms with Gasteiger partial charge in [-0.3, -0.25) is 9.89 Å². The average molecular weight is 285 g/mol. The van der Waals surface area contributed by atoms with Crippen molar-refractivity contribution in [2.75, 3.05) is 12.0 Å². The van der Waals surface area contributed by atoms with Gasteiger partial charge < -0.3 is 10.4 Å². The normalized spacial score (nSPS) is 13.3. The molecule has 6 heteroatoms. The first-order valence-corrected chi connectivity index (χ1v) is 7.73. The molecule has 0 aliphatic heterocycles. The van der Waals surface area contributed by atoms with Crippen molar-refractivity contribution in [2.45, 2.75) is 45.3 Å². The highest BCUT2D eigenvalue weighted by molar-refractivity contribution is 7.98. The number of amides is 1. The number of nitrogens with one attached hydrogen (secondary N) is 2. The fourth-order valence-electron chi connectivity index (χ4n) is 1.50. The standard InChI is InChI=1S/C13H23N3O2S/c1-13(2,3)11-7-9(15-16-11)8-14-12(18)10(17)5-6-19-4/h7,10,17H,5-6,8H2,1-4H3,(H,14,18)(H,15,16)/t10-/m0/s1. The van der Waals surface area contributed by atoms with Crippen molar-refractivity contribution < 1.29 is 9.90 Å². The van der Waals surface area contributed by atoms with Crippen LogP contribution in [0.4, 0.5) is 0 Å². The lowest BCUT2D eigenvalue weighted by Gasteiger charge is -2.13. The van der Waals surface area contributed by atoms with Gasteiger partial charge in [0.25, 0.3) is 0 Å². The van der Waals surface area contributed by atoms with Crippen molar-refractivity contribution in [1.82, 2.24) is 15.5 Å². The van der Waals surface area contributed by atoms with Gasteiger partial charge in [-0.25, -0.2) is 0 Å². The third-order valence-electron chi connectivity index (χ3n) is 2.75. The van der Waals surface area contributed by atoms with Crippen LogP contribution in [0.5, 0.6) is 0 Å². The maximum atomic E-state index is 11.6. The van der Waals surface area contributed by atoms with E-state index in [1.165, 1.54) is 0 Å². The lowest BCUT2D eigenvalue weighted by Crippen LogP contribution is -2.34. The number of aliphatic hydroxyl groups excluding tert-OH is 1. The Bertz CT molecular complexity index is 412. The maximum absolute atomic E-state index is 11.6. The summed E-state index contributed by atoms with van der Waals surface area (Å²) in [6, 6.07) is 1.94.